The fourth-order valence-corrected chi connectivity index (χ4v) is 4.42. The minimum Gasteiger partial charge on any atom is -0.444 e. The first-order valence-corrected chi connectivity index (χ1v) is 9.95. The molecule has 2 aromatic heterocycles. The van der Waals surface area contributed by atoms with Crippen LogP contribution in [0.25, 0.3) is 0 Å². The van der Waals surface area contributed by atoms with Gasteiger partial charge in [0.15, 0.2) is 0 Å². The number of aryl methyl sites for hydroxylation is 2. The van der Waals surface area contributed by atoms with Crippen LogP contribution in [0.3, 0.4) is 0 Å². The van der Waals surface area contributed by atoms with E-state index in [-0.39, 0.29) is 0 Å². The Balaban J connectivity index is 1.09. The molecule has 0 amide bonds. The van der Waals surface area contributed by atoms with Crippen molar-refractivity contribution in [2.45, 2.75) is 38.3 Å². The largest absolute Gasteiger partial charge is 0.444 e. The van der Waals surface area contributed by atoms with Gasteiger partial charge in [-0.05, 0) is 31.4 Å². The SMILES string of the molecule is c1ccc(N2CCN(C3CN(Cc4nc5c(o4)CCCC5)C3)CC2)nc1. The Morgan fingerprint density at radius 3 is 2.65 bits per heavy atom. The molecule has 6 nitrogen and oxygen atoms in total. The van der Waals surface area contributed by atoms with Gasteiger partial charge in [0.2, 0.25) is 5.89 Å². The topological polar surface area (TPSA) is 48.6 Å². The van der Waals surface area contributed by atoms with Gasteiger partial charge >= 0.3 is 0 Å². The van der Waals surface area contributed by atoms with E-state index in [1.165, 1.54) is 18.5 Å². The third kappa shape index (κ3) is 3.23. The fourth-order valence-electron chi connectivity index (χ4n) is 4.42. The molecular weight excluding hydrogens is 326 g/mol. The molecule has 0 atom stereocenters. The van der Waals surface area contributed by atoms with Crippen LogP contribution >= 0.6 is 0 Å². The molecule has 1 aliphatic carbocycles. The summed E-state index contributed by atoms with van der Waals surface area (Å²) in [5.74, 6) is 3.18. The third-order valence-corrected chi connectivity index (χ3v) is 5.99. The Morgan fingerprint density at radius 1 is 1.04 bits per heavy atom. The van der Waals surface area contributed by atoms with E-state index in [9.17, 15) is 0 Å². The van der Waals surface area contributed by atoms with Gasteiger partial charge in [0.05, 0.1) is 12.2 Å². The van der Waals surface area contributed by atoms with E-state index in [1.807, 2.05) is 12.3 Å². The van der Waals surface area contributed by atoms with E-state index in [0.717, 1.165) is 76.1 Å². The van der Waals surface area contributed by atoms with Gasteiger partial charge < -0.3 is 9.32 Å². The summed E-state index contributed by atoms with van der Waals surface area (Å²) >= 11 is 0. The van der Waals surface area contributed by atoms with Gasteiger partial charge in [0.1, 0.15) is 11.6 Å². The molecule has 26 heavy (non-hydrogen) atoms. The molecule has 0 N–H and O–H groups in total. The molecule has 0 spiro atoms. The molecule has 5 rings (SSSR count). The summed E-state index contributed by atoms with van der Waals surface area (Å²) in [5, 5.41) is 0. The molecule has 138 valence electrons. The van der Waals surface area contributed by atoms with Gasteiger partial charge in [-0.3, -0.25) is 9.80 Å². The lowest BCUT2D eigenvalue weighted by atomic mass is 10.0. The predicted molar refractivity (Wildman–Crippen MR) is 100 cm³/mol. The Hall–Kier alpha value is -1.92. The molecule has 4 heterocycles. The van der Waals surface area contributed by atoms with Crippen molar-refractivity contribution in [1.82, 2.24) is 19.8 Å². The number of anilines is 1. The summed E-state index contributed by atoms with van der Waals surface area (Å²) in [6.45, 7) is 7.54. The molecule has 2 aliphatic heterocycles. The average Bonchev–Trinajstić information content (AvgIpc) is 3.08. The van der Waals surface area contributed by atoms with Gasteiger partial charge in [0.25, 0.3) is 0 Å². The zero-order valence-corrected chi connectivity index (χ0v) is 15.3. The highest BCUT2D eigenvalue weighted by atomic mass is 16.4. The molecule has 0 bridgehead atoms. The van der Waals surface area contributed by atoms with Gasteiger partial charge in [-0.2, -0.15) is 0 Å². The van der Waals surface area contributed by atoms with Crippen molar-refractivity contribution in [2.75, 3.05) is 44.2 Å². The Kier molecular flexibility index (Phi) is 4.38. The summed E-state index contributed by atoms with van der Waals surface area (Å²) < 4.78 is 5.98. The number of fused-ring (bicyclic) bond motifs is 1. The smallest absolute Gasteiger partial charge is 0.208 e. The molecule has 0 radical (unpaired) electrons. The van der Waals surface area contributed by atoms with Crippen molar-refractivity contribution >= 4 is 5.82 Å². The predicted octanol–water partition coefficient (Wildman–Crippen LogP) is 1.95. The molecule has 0 unspecified atom stereocenters. The van der Waals surface area contributed by atoms with Crippen LogP contribution in [0, 0.1) is 0 Å². The second kappa shape index (κ2) is 7.00. The Morgan fingerprint density at radius 2 is 1.88 bits per heavy atom. The molecule has 2 fully saturated rings. The van der Waals surface area contributed by atoms with Crippen LogP contribution in [-0.4, -0.2) is 65.1 Å². The van der Waals surface area contributed by atoms with Gasteiger partial charge in [-0.15, -0.1) is 0 Å². The lowest BCUT2D eigenvalue weighted by Gasteiger charge is -2.48. The van der Waals surface area contributed by atoms with E-state index in [1.54, 1.807) is 0 Å². The minimum atomic E-state index is 0.686. The Labute approximate surface area is 154 Å². The molecule has 0 saturated carbocycles. The number of rotatable bonds is 4. The van der Waals surface area contributed by atoms with Crippen molar-refractivity contribution in [3.8, 4) is 0 Å². The van der Waals surface area contributed by atoms with E-state index in [0.29, 0.717) is 6.04 Å². The highest BCUT2D eigenvalue weighted by Crippen LogP contribution is 2.25. The number of nitrogens with zero attached hydrogens (tertiary/aromatic N) is 5. The van der Waals surface area contributed by atoms with Crippen molar-refractivity contribution in [1.29, 1.82) is 0 Å². The first kappa shape index (κ1) is 16.3. The molecular formula is C20H27N5O. The maximum atomic E-state index is 5.98. The summed E-state index contributed by atoms with van der Waals surface area (Å²) in [6, 6.07) is 6.84. The second-order valence-electron chi connectivity index (χ2n) is 7.74. The Bertz CT molecular complexity index is 708. The van der Waals surface area contributed by atoms with Crippen molar-refractivity contribution in [2.24, 2.45) is 0 Å². The van der Waals surface area contributed by atoms with E-state index in [2.05, 4.69) is 31.8 Å². The standard InChI is InChI=1S/C20H27N5O/c1-2-6-18-17(5-1)22-20(26-18)15-23-13-16(14-23)24-9-11-25(12-10-24)19-7-3-4-8-21-19/h3-4,7-8,16H,1-2,5-6,9-15H2. The second-order valence-corrected chi connectivity index (χ2v) is 7.74. The third-order valence-electron chi connectivity index (χ3n) is 5.99. The van der Waals surface area contributed by atoms with E-state index >= 15 is 0 Å². The lowest BCUT2D eigenvalue weighted by Crippen LogP contribution is -2.62. The van der Waals surface area contributed by atoms with Crippen LogP contribution in [0.4, 0.5) is 5.82 Å². The monoisotopic (exact) mass is 353 g/mol. The highest BCUT2D eigenvalue weighted by molar-refractivity contribution is 5.38. The minimum absolute atomic E-state index is 0.686. The van der Waals surface area contributed by atoms with Crippen molar-refractivity contribution in [3.05, 3.63) is 41.7 Å². The van der Waals surface area contributed by atoms with E-state index < -0.39 is 0 Å². The summed E-state index contributed by atoms with van der Waals surface area (Å²) in [6.07, 6.45) is 6.56. The number of likely N-dealkylation sites (tertiary alicyclic amines) is 1. The molecule has 0 aromatic carbocycles. The zero-order valence-electron chi connectivity index (χ0n) is 15.3. The van der Waals surface area contributed by atoms with Crippen LogP contribution in [-0.2, 0) is 19.4 Å². The summed E-state index contributed by atoms with van der Waals surface area (Å²) in [5.41, 5.74) is 1.22. The highest BCUT2D eigenvalue weighted by Gasteiger charge is 2.34. The fraction of sp³-hybridized carbons (Fsp3) is 0.600. The first-order chi connectivity index (χ1) is 12.8. The lowest BCUT2D eigenvalue weighted by molar-refractivity contribution is 0.0205. The number of aromatic nitrogens is 2. The van der Waals surface area contributed by atoms with Crippen molar-refractivity contribution in [3.63, 3.8) is 0 Å². The summed E-state index contributed by atoms with van der Waals surface area (Å²) in [7, 11) is 0. The number of piperazine rings is 1. The van der Waals surface area contributed by atoms with Gasteiger partial charge in [-0.25, -0.2) is 9.97 Å². The zero-order chi connectivity index (χ0) is 17.3. The molecule has 2 saturated heterocycles. The first-order valence-electron chi connectivity index (χ1n) is 9.95. The number of hydrogen-bond acceptors (Lipinski definition) is 6. The van der Waals surface area contributed by atoms with Gasteiger partial charge in [-0.1, -0.05) is 6.07 Å². The normalized spacial score (nSPS) is 22.2. The molecule has 6 heteroatoms. The van der Waals surface area contributed by atoms with E-state index in [4.69, 9.17) is 9.40 Å². The number of oxazole rings is 1. The van der Waals surface area contributed by atoms with Crippen LogP contribution in [0.2, 0.25) is 0 Å². The van der Waals surface area contributed by atoms with Crippen molar-refractivity contribution < 1.29 is 4.42 Å². The molecule has 2 aromatic rings. The van der Waals surface area contributed by atoms with Crippen LogP contribution in [0.15, 0.2) is 28.8 Å². The van der Waals surface area contributed by atoms with Gasteiger partial charge in [0, 0.05) is 57.9 Å². The number of pyridine rings is 1. The molecule has 3 aliphatic rings. The average molecular weight is 353 g/mol. The number of hydrogen-bond donors (Lipinski definition) is 0. The maximum absolute atomic E-state index is 5.98. The van der Waals surface area contributed by atoms with Crippen LogP contribution in [0.5, 0.6) is 0 Å². The van der Waals surface area contributed by atoms with Crippen LogP contribution < -0.4 is 4.90 Å². The maximum Gasteiger partial charge on any atom is 0.208 e. The summed E-state index contributed by atoms with van der Waals surface area (Å²) in [4.78, 5) is 16.7. The quantitative estimate of drug-likeness (QED) is 0.837. The van der Waals surface area contributed by atoms with Crippen LogP contribution in [0.1, 0.15) is 30.2 Å².